The summed E-state index contributed by atoms with van der Waals surface area (Å²) >= 11 is 6.12. The average Bonchev–Trinajstić information content (AvgIpc) is 3.10. The maximum atomic E-state index is 6.12. The highest BCUT2D eigenvalue weighted by molar-refractivity contribution is 6.31. The van der Waals surface area contributed by atoms with E-state index < -0.39 is 0 Å². The normalized spacial score (nSPS) is 23.3. The predicted octanol–water partition coefficient (Wildman–Crippen LogP) is 3.43. The van der Waals surface area contributed by atoms with E-state index in [2.05, 4.69) is 22.4 Å². The molecule has 2 aliphatic carbocycles. The fourth-order valence-corrected chi connectivity index (χ4v) is 3.29. The largest absolute Gasteiger partial charge is 0.358 e. The van der Waals surface area contributed by atoms with Crippen LogP contribution >= 0.6 is 11.6 Å². The van der Waals surface area contributed by atoms with Gasteiger partial charge >= 0.3 is 0 Å². The van der Waals surface area contributed by atoms with Gasteiger partial charge in [0.2, 0.25) is 0 Å². The highest BCUT2D eigenvalue weighted by Crippen LogP contribution is 2.32. The number of H-pyrrole nitrogens is 1. The van der Waals surface area contributed by atoms with Gasteiger partial charge in [0.25, 0.3) is 0 Å². The topological polar surface area (TPSA) is 27.8 Å². The van der Waals surface area contributed by atoms with Crippen molar-refractivity contribution in [3.8, 4) is 0 Å². The molecule has 0 aliphatic heterocycles. The summed E-state index contributed by atoms with van der Waals surface area (Å²) in [6, 6.07) is 7.62. The Morgan fingerprint density at radius 1 is 1.17 bits per heavy atom. The number of hydrogen-bond acceptors (Lipinski definition) is 1. The van der Waals surface area contributed by atoms with Crippen LogP contribution in [0.4, 0.5) is 0 Å². The number of aryl methyl sites for hydroxylation is 1. The van der Waals surface area contributed by atoms with Gasteiger partial charge in [-0.25, -0.2) is 0 Å². The summed E-state index contributed by atoms with van der Waals surface area (Å²) < 4.78 is 0. The second-order valence-corrected chi connectivity index (χ2v) is 6.09. The number of aromatic amines is 1. The minimum Gasteiger partial charge on any atom is -0.358 e. The van der Waals surface area contributed by atoms with E-state index in [9.17, 15) is 0 Å². The zero-order valence-electron chi connectivity index (χ0n) is 10.3. The highest BCUT2D eigenvalue weighted by atomic mass is 35.5. The Morgan fingerprint density at radius 2 is 2.06 bits per heavy atom. The zero-order valence-corrected chi connectivity index (χ0v) is 11.1. The molecule has 2 aromatic rings. The van der Waals surface area contributed by atoms with Crippen LogP contribution in [0.5, 0.6) is 0 Å². The van der Waals surface area contributed by atoms with Crippen LogP contribution < -0.4 is 5.32 Å². The van der Waals surface area contributed by atoms with Crippen LogP contribution in [0, 0.1) is 0 Å². The number of aromatic nitrogens is 1. The van der Waals surface area contributed by atoms with Crippen molar-refractivity contribution in [1.82, 2.24) is 10.3 Å². The third-order valence-electron chi connectivity index (χ3n) is 4.20. The number of halogens is 1. The fourth-order valence-electron chi connectivity index (χ4n) is 3.11. The molecule has 4 rings (SSSR count). The van der Waals surface area contributed by atoms with E-state index in [0.717, 1.165) is 23.9 Å². The van der Waals surface area contributed by atoms with Crippen molar-refractivity contribution >= 4 is 22.5 Å². The van der Waals surface area contributed by atoms with E-state index in [1.54, 1.807) is 0 Å². The van der Waals surface area contributed by atoms with Crippen LogP contribution in [-0.2, 0) is 12.8 Å². The van der Waals surface area contributed by atoms with E-state index >= 15 is 0 Å². The lowest BCUT2D eigenvalue weighted by atomic mass is 9.91. The van der Waals surface area contributed by atoms with Gasteiger partial charge in [-0.1, -0.05) is 11.6 Å². The van der Waals surface area contributed by atoms with Crippen LogP contribution in [-0.4, -0.2) is 17.1 Å². The van der Waals surface area contributed by atoms with Crippen molar-refractivity contribution in [3.63, 3.8) is 0 Å². The molecule has 1 fully saturated rings. The second kappa shape index (κ2) is 4.01. The maximum Gasteiger partial charge on any atom is 0.0460 e. The molecule has 2 nitrogen and oxygen atoms in total. The Hall–Kier alpha value is -0.990. The summed E-state index contributed by atoms with van der Waals surface area (Å²) in [4.78, 5) is 3.55. The standard InChI is InChI=1S/C15H17ClN2/c16-9-1-5-14-12(7-9)13-8-11(17-10-2-3-10)4-6-15(13)18-14/h1,5,7,10-11,17-18H,2-4,6,8H2. The van der Waals surface area contributed by atoms with Gasteiger partial charge in [0.1, 0.15) is 0 Å². The van der Waals surface area contributed by atoms with Crippen molar-refractivity contribution in [3.05, 3.63) is 34.5 Å². The molecular formula is C15H17ClN2. The lowest BCUT2D eigenvalue weighted by Gasteiger charge is -2.23. The van der Waals surface area contributed by atoms with Gasteiger partial charge in [0, 0.05) is 33.7 Å². The number of nitrogens with one attached hydrogen (secondary N) is 2. The Kier molecular flexibility index (Phi) is 2.42. The van der Waals surface area contributed by atoms with Crippen LogP contribution in [0.1, 0.15) is 30.5 Å². The quantitative estimate of drug-likeness (QED) is 0.851. The molecule has 1 saturated carbocycles. The molecule has 1 aromatic carbocycles. The molecule has 1 heterocycles. The van der Waals surface area contributed by atoms with Crippen LogP contribution in [0.15, 0.2) is 18.2 Å². The first kappa shape index (κ1) is 10.9. The molecule has 0 spiro atoms. The lowest BCUT2D eigenvalue weighted by Crippen LogP contribution is -2.35. The smallest absolute Gasteiger partial charge is 0.0460 e. The van der Waals surface area contributed by atoms with Crippen LogP contribution in [0.3, 0.4) is 0 Å². The van der Waals surface area contributed by atoms with E-state index in [4.69, 9.17) is 11.6 Å². The SMILES string of the molecule is Clc1ccc2[nH]c3c(c2c1)CC(NC1CC1)CC3. The lowest BCUT2D eigenvalue weighted by molar-refractivity contribution is 0.455. The van der Waals surface area contributed by atoms with E-state index in [1.807, 2.05) is 6.07 Å². The first-order valence-corrected chi connectivity index (χ1v) is 7.22. The van der Waals surface area contributed by atoms with Crippen molar-refractivity contribution in [2.45, 2.75) is 44.2 Å². The van der Waals surface area contributed by atoms with Crippen LogP contribution in [0.2, 0.25) is 5.02 Å². The molecule has 1 atom stereocenters. The molecule has 0 saturated heterocycles. The van der Waals surface area contributed by atoms with Gasteiger partial charge in [-0.15, -0.1) is 0 Å². The summed E-state index contributed by atoms with van der Waals surface area (Å²) in [7, 11) is 0. The minimum absolute atomic E-state index is 0.656. The Labute approximate surface area is 112 Å². The van der Waals surface area contributed by atoms with Crippen molar-refractivity contribution < 1.29 is 0 Å². The fraction of sp³-hybridized carbons (Fsp3) is 0.467. The number of rotatable bonds is 2. The molecule has 0 radical (unpaired) electrons. The molecule has 2 N–H and O–H groups in total. The van der Waals surface area contributed by atoms with Crippen molar-refractivity contribution in [2.24, 2.45) is 0 Å². The van der Waals surface area contributed by atoms with Crippen molar-refractivity contribution in [2.75, 3.05) is 0 Å². The molecule has 1 aromatic heterocycles. The molecule has 0 bridgehead atoms. The Balaban J connectivity index is 1.71. The maximum absolute atomic E-state index is 6.12. The van der Waals surface area contributed by atoms with Gasteiger partial charge in [-0.2, -0.15) is 0 Å². The van der Waals surface area contributed by atoms with Crippen molar-refractivity contribution in [1.29, 1.82) is 0 Å². The van der Waals surface area contributed by atoms with Gasteiger partial charge in [0.05, 0.1) is 0 Å². The molecule has 18 heavy (non-hydrogen) atoms. The van der Waals surface area contributed by atoms with Gasteiger partial charge < -0.3 is 10.3 Å². The third-order valence-corrected chi connectivity index (χ3v) is 4.43. The van der Waals surface area contributed by atoms with Gasteiger partial charge in [-0.3, -0.25) is 0 Å². The average molecular weight is 261 g/mol. The summed E-state index contributed by atoms with van der Waals surface area (Å²) in [6.45, 7) is 0. The predicted molar refractivity (Wildman–Crippen MR) is 75.3 cm³/mol. The molecule has 1 unspecified atom stereocenters. The van der Waals surface area contributed by atoms with Crippen LogP contribution in [0.25, 0.3) is 10.9 Å². The highest BCUT2D eigenvalue weighted by Gasteiger charge is 2.28. The summed E-state index contributed by atoms with van der Waals surface area (Å²) in [5, 5.41) is 5.91. The Morgan fingerprint density at radius 3 is 2.89 bits per heavy atom. The summed E-state index contributed by atoms with van der Waals surface area (Å²) in [5.41, 5.74) is 4.13. The number of benzene rings is 1. The monoisotopic (exact) mass is 260 g/mol. The summed E-state index contributed by atoms with van der Waals surface area (Å²) in [5.74, 6) is 0. The Bertz CT molecular complexity index is 598. The third kappa shape index (κ3) is 1.84. The molecular weight excluding hydrogens is 244 g/mol. The van der Waals surface area contributed by atoms with E-state index in [0.29, 0.717) is 6.04 Å². The molecule has 3 heteroatoms. The first-order chi connectivity index (χ1) is 8.79. The van der Waals surface area contributed by atoms with E-state index in [1.165, 1.54) is 41.4 Å². The minimum atomic E-state index is 0.656. The number of fused-ring (bicyclic) bond motifs is 3. The van der Waals surface area contributed by atoms with E-state index in [-0.39, 0.29) is 0 Å². The number of hydrogen-bond donors (Lipinski definition) is 2. The molecule has 2 aliphatic rings. The zero-order chi connectivity index (χ0) is 12.1. The molecule has 0 amide bonds. The summed E-state index contributed by atoms with van der Waals surface area (Å²) in [6.07, 6.45) is 6.29. The molecule has 94 valence electrons. The van der Waals surface area contributed by atoms with Gasteiger partial charge in [0.15, 0.2) is 0 Å². The van der Waals surface area contributed by atoms with Gasteiger partial charge in [-0.05, 0) is 55.9 Å². The first-order valence-electron chi connectivity index (χ1n) is 6.84. The second-order valence-electron chi connectivity index (χ2n) is 5.65.